The number of carbonyl (C=O) groups excluding carboxylic acids is 1. The van der Waals surface area contributed by atoms with Crippen molar-refractivity contribution in [1.29, 1.82) is 0 Å². The Hall–Kier alpha value is -1.00. The molecule has 106 valence electrons. The SMILES string of the molecule is CC.CC#Cc1c(C)nc(C)nc1C.C[C-]=O.[CH3-].[W+2]. The van der Waals surface area contributed by atoms with E-state index in [1.807, 2.05) is 41.5 Å². The van der Waals surface area contributed by atoms with E-state index < -0.39 is 0 Å². The number of hydrogen-bond donors (Lipinski definition) is 0. The van der Waals surface area contributed by atoms with Gasteiger partial charge in [0.1, 0.15) is 5.82 Å². The minimum Gasteiger partial charge on any atom is -0.542 e. The van der Waals surface area contributed by atoms with E-state index >= 15 is 0 Å². The molecule has 1 aromatic rings. The second-order valence-electron chi connectivity index (χ2n) is 2.90. The van der Waals surface area contributed by atoms with Crippen molar-refractivity contribution in [3.05, 3.63) is 30.2 Å². The Bertz CT molecular complexity index is 383. The zero-order chi connectivity index (χ0) is 13.8. The van der Waals surface area contributed by atoms with Crippen LogP contribution in [0.25, 0.3) is 0 Å². The average molecular weight is 432 g/mol. The monoisotopic (exact) mass is 432 g/mol. The van der Waals surface area contributed by atoms with Gasteiger partial charge in [-0.05, 0) is 27.7 Å². The summed E-state index contributed by atoms with van der Waals surface area (Å²) in [5.41, 5.74) is 2.90. The fourth-order valence-corrected chi connectivity index (χ4v) is 1.19. The molecule has 0 aliphatic heterocycles. The molecule has 0 amide bonds. The predicted molar refractivity (Wildman–Crippen MR) is 77.9 cm³/mol. The van der Waals surface area contributed by atoms with Gasteiger partial charge in [-0.1, -0.05) is 19.8 Å². The van der Waals surface area contributed by atoms with Crippen LogP contribution in [0.4, 0.5) is 0 Å². The summed E-state index contributed by atoms with van der Waals surface area (Å²) in [5.74, 6) is 6.66. The smallest absolute Gasteiger partial charge is 0.542 e. The van der Waals surface area contributed by atoms with Crippen molar-refractivity contribution in [2.75, 3.05) is 0 Å². The van der Waals surface area contributed by atoms with Crippen LogP contribution in [0.5, 0.6) is 0 Å². The third-order valence-corrected chi connectivity index (χ3v) is 1.63. The normalized spacial score (nSPS) is 6.68. The summed E-state index contributed by atoms with van der Waals surface area (Å²) in [4.78, 5) is 17.2. The maximum Gasteiger partial charge on any atom is 2.00 e. The molecule has 0 atom stereocenters. The van der Waals surface area contributed by atoms with Crippen LogP contribution in [0, 0.1) is 40.0 Å². The van der Waals surface area contributed by atoms with Gasteiger partial charge in [0.2, 0.25) is 0 Å². The molecule has 1 aromatic heterocycles. The Morgan fingerprint density at radius 2 is 1.37 bits per heavy atom. The van der Waals surface area contributed by atoms with Crippen LogP contribution in [0.3, 0.4) is 0 Å². The van der Waals surface area contributed by atoms with E-state index in [1.165, 1.54) is 13.2 Å². The second kappa shape index (κ2) is 17.0. The van der Waals surface area contributed by atoms with Gasteiger partial charge < -0.3 is 12.2 Å². The van der Waals surface area contributed by atoms with E-state index in [0.29, 0.717) is 0 Å². The molecule has 0 radical (unpaired) electrons. The summed E-state index contributed by atoms with van der Waals surface area (Å²) < 4.78 is 0. The van der Waals surface area contributed by atoms with Crippen LogP contribution in [-0.2, 0) is 25.9 Å². The zero-order valence-corrected chi connectivity index (χ0v) is 16.1. The molecule has 0 bridgehead atoms. The van der Waals surface area contributed by atoms with Gasteiger partial charge in [0.25, 0.3) is 0 Å². The van der Waals surface area contributed by atoms with E-state index in [0.717, 1.165) is 22.8 Å². The zero-order valence-electron chi connectivity index (χ0n) is 13.2. The van der Waals surface area contributed by atoms with Crippen molar-refractivity contribution < 1.29 is 25.9 Å². The quantitative estimate of drug-likeness (QED) is 0.467. The van der Waals surface area contributed by atoms with Crippen LogP contribution >= 0.6 is 0 Å². The van der Waals surface area contributed by atoms with Gasteiger partial charge in [-0.2, -0.15) is 6.92 Å². The molecule has 0 saturated heterocycles. The maximum atomic E-state index is 8.68. The van der Waals surface area contributed by atoms with Gasteiger partial charge in [-0.15, -0.1) is 5.92 Å². The summed E-state index contributed by atoms with van der Waals surface area (Å²) in [6.07, 6.45) is 1.50. The molecular weight excluding hydrogens is 408 g/mol. The van der Waals surface area contributed by atoms with Crippen molar-refractivity contribution in [3.8, 4) is 11.8 Å². The Morgan fingerprint density at radius 3 is 1.63 bits per heavy atom. The van der Waals surface area contributed by atoms with E-state index in [-0.39, 0.29) is 28.5 Å². The number of aromatic nitrogens is 2. The molecule has 0 aromatic carbocycles. The van der Waals surface area contributed by atoms with Crippen molar-refractivity contribution >= 4 is 6.29 Å². The molecule has 0 unspecified atom stereocenters. The van der Waals surface area contributed by atoms with Gasteiger partial charge in [0.15, 0.2) is 0 Å². The number of nitrogens with zero attached hydrogens (tertiary/aromatic N) is 2. The Labute approximate surface area is 132 Å². The van der Waals surface area contributed by atoms with Crippen molar-refractivity contribution in [2.24, 2.45) is 0 Å². The molecule has 0 saturated carbocycles. The Kier molecular flexibility index (Phi) is 23.7. The summed E-state index contributed by atoms with van der Waals surface area (Å²) in [5, 5.41) is 0. The summed E-state index contributed by atoms with van der Waals surface area (Å²) >= 11 is 0. The van der Waals surface area contributed by atoms with Crippen molar-refractivity contribution in [1.82, 2.24) is 9.97 Å². The fraction of sp³-hybridized carbons (Fsp3) is 0.467. The molecule has 0 fully saturated rings. The first-order valence-corrected chi connectivity index (χ1v) is 5.60. The number of hydrogen-bond acceptors (Lipinski definition) is 3. The van der Waals surface area contributed by atoms with Crippen molar-refractivity contribution in [2.45, 2.75) is 48.5 Å². The Morgan fingerprint density at radius 1 is 1.05 bits per heavy atom. The molecule has 19 heavy (non-hydrogen) atoms. The first-order chi connectivity index (χ1) is 8.06. The molecule has 3 nitrogen and oxygen atoms in total. The molecule has 0 aliphatic rings. The molecular formula is C15H24N2OW. The topological polar surface area (TPSA) is 42.9 Å². The van der Waals surface area contributed by atoms with Gasteiger partial charge in [-0.25, -0.2) is 9.97 Å². The first kappa shape index (κ1) is 26.5. The van der Waals surface area contributed by atoms with Gasteiger partial charge in [-0.3, -0.25) is 6.29 Å². The fourth-order valence-electron chi connectivity index (χ4n) is 1.19. The number of rotatable bonds is 0. The van der Waals surface area contributed by atoms with Crippen LogP contribution in [0.15, 0.2) is 0 Å². The third kappa shape index (κ3) is 11.8. The van der Waals surface area contributed by atoms with E-state index in [4.69, 9.17) is 4.79 Å². The van der Waals surface area contributed by atoms with Gasteiger partial charge in [0, 0.05) is 0 Å². The third-order valence-electron chi connectivity index (χ3n) is 1.63. The second-order valence-corrected chi connectivity index (χ2v) is 2.90. The average Bonchev–Trinajstić information content (AvgIpc) is 2.27. The standard InChI is InChI=1S/C10H12N2.C2H3O.C2H6.CH3.W/c1-5-6-10-7(2)11-9(4)12-8(10)3;1-2-3;1-2;;/h1-4H3;1H3;1-2H3;1H3;/q;-1;;-1;+2. The van der Waals surface area contributed by atoms with Crippen LogP contribution in [0.1, 0.15) is 50.5 Å². The predicted octanol–water partition coefficient (Wildman–Crippen LogP) is 3.36. The van der Waals surface area contributed by atoms with Crippen LogP contribution in [-0.4, -0.2) is 16.3 Å². The summed E-state index contributed by atoms with van der Waals surface area (Å²) in [6.45, 7) is 12.9. The van der Waals surface area contributed by atoms with E-state index in [1.54, 1.807) is 0 Å². The summed E-state index contributed by atoms with van der Waals surface area (Å²) in [6, 6.07) is 0. The van der Waals surface area contributed by atoms with E-state index in [2.05, 4.69) is 21.8 Å². The largest absolute Gasteiger partial charge is 2.00 e. The minimum atomic E-state index is 0. The maximum absolute atomic E-state index is 8.68. The van der Waals surface area contributed by atoms with E-state index in [9.17, 15) is 0 Å². The molecule has 0 spiro atoms. The molecule has 1 heterocycles. The first-order valence-electron chi connectivity index (χ1n) is 5.60. The van der Waals surface area contributed by atoms with Crippen molar-refractivity contribution in [3.63, 3.8) is 0 Å². The molecule has 4 heteroatoms. The van der Waals surface area contributed by atoms with Gasteiger partial charge >= 0.3 is 21.1 Å². The van der Waals surface area contributed by atoms with Crippen LogP contribution in [0.2, 0.25) is 0 Å². The molecule has 1 rings (SSSR count). The molecule has 0 N–H and O–H groups in total. The Balaban J connectivity index is -0.000000142. The van der Waals surface area contributed by atoms with Gasteiger partial charge in [0.05, 0.1) is 17.0 Å². The van der Waals surface area contributed by atoms with Crippen LogP contribution < -0.4 is 0 Å². The number of aryl methyl sites for hydroxylation is 3. The minimum absolute atomic E-state index is 0. The molecule has 0 aliphatic carbocycles. The summed E-state index contributed by atoms with van der Waals surface area (Å²) in [7, 11) is 0.